The number of hydrogen-bond donors (Lipinski definition) is 0. The lowest BCUT2D eigenvalue weighted by Gasteiger charge is -2.36. The summed E-state index contributed by atoms with van der Waals surface area (Å²) < 4.78 is 12.7. The maximum atomic E-state index is 14.8. The van der Waals surface area contributed by atoms with Crippen molar-refractivity contribution in [2.24, 2.45) is 0 Å². The molecule has 0 saturated heterocycles. The molecule has 0 fully saturated rings. The van der Waals surface area contributed by atoms with Gasteiger partial charge in [0.1, 0.15) is 0 Å². The molecule has 2 aliphatic heterocycles. The Morgan fingerprint density at radius 2 is 0.620 bits per heavy atom. The van der Waals surface area contributed by atoms with E-state index in [0.717, 1.165) is 22.7 Å². The Labute approximate surface area is 289 Å². The molecule has 0 saturated carbocycles. The first-order valence-electron chi connectivity index (χ1n) is 16.4. The molecule has 9 rings (SSSR count). The van der Waals surface area contributed by atoms with Crippen LogP contribution in [0.5, 0.6) is 23.0 Å². The zero-order valence-electron chi connectivity index (χ0n) is 26.7. The van der Waals surface area contributed by atoms with Crippen molar-refractivity contribution in [3.05, 3.63) is 192 Å². The van der Waals surface area contributed by atoms with Crippen LogP contribution in [-0.2, 0) is 0 Å². The average molecular weight is 649 g/mol. The lowest BCUT2D eigenvalue weighted by molar-refractivity contribution is 0.102. The normalized spacial score (nSPS) is 12.4. The molecule has 0 radical (unpaired) electrons. The van der Waals surface area contributed by atoms with E-state index in [9.17, 15) is 9.59 Å². The van der Waals surface area contributed by atoms with Crippen molar-refractivity contribution >= 4 is 45.7 Å². The van der Waals surface area contributed by atoms with Gasteiger partial charge in [-0.25, -0.2) is 0 Å². The molecule has 2 heterocycles. The second-order valence-corrected chi connectivity index (χ2v) is 12.0. The van der Waals surface area contributed by atoms with Gasteiger partial charge >= 0.3 is 0 Å². The van der Waals surface area contributed by atoms with Crippen LogP contribution in [0, 0.1) is 0 Å². The van der Waals surface area contributed by atoms with E-state index in [2.05, 4.69) is 0 Å². The van der Waals surface area contributed by atoms with E-state index in [4.69, 9.17) is 9.47 Å². The van der Waals surface area contributed by atoms with Gasteiger partial charge in [0, 0.05) is 22.3 Å². The van der Waals surface area contributed by atoms with Gasteiger partial charge in [0.05, 0.1) is 34.1 Å². The zero-order valence-corrected chi connectivity index (χ0v) is 26.7. The molecule has 0 N–H and O–H groups in total. The van der Waals surface area contributed by atoms with Crippen LogP contribution in [-0.4, -0.2) is 11.6 Å². The largest absolute Gasteiger partial charge is 0.453 e. The highest BCUT2D eigenvalue weighted by molar-refractivity contribution is 6.19. The first-order valence-corrected chi connectivity index (χ1v) is 16.4. The van der Waals surface area contributed by atoms with Crippen molar-refractivity contribution in [3.63, 3.8) is 0 Å². The molecule has 0 unspecified atom stereocenters. The summed E-state index contributed by atoms with van der Waals surface area (Å²) >= 11 is 0. The number of ketones is 2. The maximum absolute atomic E-state index is 14.8. The SMILES string of the molecule is O=C(c1ccccc1)c1cc(N2c3ccccc3Oc3ccccc32)c(C(=O)c2ccccc2)cc1N1c2ccccc2Oc2ccccc21. The Morgan fingerprint density at radius 3 is 0.940 bits per heavy atom. The van der Waals surface area contributed by atoms with Crippen molar-refractivity contribution in [1.82, 2.24) is 0 Å². The van der Waals surface area contributed by atoms with Crippen LogP contribution < -0.4 is 19.3 Å². The smallest absolute Gasteiger partial charge is 0.195 e. The average Bonchev–Trinajstić information content (AvgIpc) is 3.18. The van der Waals surface area contributed by atoms with E-state index < -0.39 is 0 Å². The zero-order chi connectivity index (χ0) is 33.6. The fourth-order valence-corrected chi connectivity index (χ4v) is 6.73. The van der Waals surface area contributed by atoms with Crippen molar-refractivity contribution in [1.29, 1.82) is 0 Å². The Bertz CT molecular complexity index is 2180. The molecule has 0 amide bonds. The monoisotopic (exact) mass is 648 g/mol. The van der Waals surface area contributed by atoms with Gasteiger partial charge in [0.15, 0.2) is 34.6 Å². The molecular weight excluding hydrogens is 620 g/mol. The van der Waals surface area contributed by atoms with Gasteiger partial charge in [0.25, 0.3) is 0 Å². The number of carbonyl (C=O) groups is 2. The molecule has 6 heteroatoms. The minimum Gasteiger partial charge on any atom is -0.453 e. The van der Waals surface area contributed by atoms with E-state index >= 15 is 0 Å². The molecule has 6 nitrogen and oxygen atoms in total. The van der Waals surface area contributed by atoms with Gasteiger partial charge in [-0.2, -0.15) is 0 Å². The van der Waals surface area contributed by atoms with E-state index in [1.165, 1.54) is 0 Å². The van der Waals surface area contributed by atoms with E-state index in [1.54, 1.807) is 0 Å². The summed E-state index contributed by atoms with van der Waals surface area (Å²) in [6.45, 7) is 0. The quantitative estimate of drug-likeness (QED) is 0.167. The van der Waals surface area contributed by atoms with Gasteiger partial charge in [-0.3, -0.25) is 9.59 Å². The van der Waals surface area contributed by atoms with Crippen LogP contribution in [0.15, 0.2) is 170 Å². The molecule has 50 heavy (non-hydrogen) atoms. The molecule has 0 aromatic heterocycles. The van der Waals surface area contributed by atoms with Crippen molar-refractivity contribution < 1.29 is 19.1 Å². The molecule has 2 aliphatic rings. The van der Waals surface area contributed by atoms with Crippen molar-refractivity contribution in [2.75, 3.05) is 9.80 Å². The standard InChI is InChI=1S/C44H28N2O4/c47-43(29-15-3-1-4-16-29)31-27-38(46-35-21-9-13-25-41(35)50-42-26-14-10-22-36(42)46)32(44(48)30-17-5-2-6-18-30)28-37(31)45-33-19-7-11-23-39(33)49-40-24-12-8-20-34(40)45/h1-28H. The van der Waals surface area contributed by atoms with Gasteiger partial charge < -0.3 is 19.3 Å². The number of para-hydroxylation sites is 8. The number of rotatable bonds is 6. The predicted octanol–water partition coefficient (Wildman–Crippen LogP) is 11.3. The van der Waals surface area contributed by atoms with Gasteiger partial charge in [-0.05, 0) is 60.7 Å². The highest BCUT2D eigenvalue weighted by Gasteiger charge is 2.34. The molecular formula is C44H28N2O4. The van der Waals surface area contributed by atoms with Crippen LogP contribution in [0.3, 0.4) is 0 Å². The summed E-state index contributed by atoms with van der Waals surface area (Å²) in [5, 5.41) is 0. The number of fused-ring (bicyclic) bond motifs is 4. The molecule has 238 valence electrons. The van der Waals surface area contributed by atoms with Crippen LogP contribution in [0.1, 0.15) is 31.8 Å². The highest BCUT2D eigenvalue weighted by Crippen LogP contribution is 2.55. The molecule has 0 atom stereocenters. The number of ether oxygens (including phenoxy) is 2. The van der Waals surface area contributed by atoms with E-state index in [0.29, 0.717) is 56.6 Å². The van der Waals surface area contributed by atoms with Gasteiger partial charge in [-0.15, -0.1) is 0 Å². The maximum Gasteiger partial charge on any atom is 0.195 e. The fraction of sp³-hybridized carbons (Fsp3) is 0. The Balaban J connectivity index is 1.39. The van der Waals surface area contributed by atoms with Gasteiger partial charge in [-0.1, -0.05) is 109 Å². The first-order chi connectivity index (χ1) is 24.7. The third-order valence-corrected chi connectivity index (χ3v) is 9.02. The number of hydrogen-bond acceptors (Lipinski definition) is 6. The minimum absolute atomic E-state index is 0.183. The highest BCUT2D eigenvalue weighted by atomic mass is 16.5. The second-order valence-electron chi connectivity index (χ2n) is 12.0. The molecule has 0 aliphatic carbocycles. The Kier molecular flexibility index (Phi) is 6.99. The molecule has 0 bridgehead atoms. The lowest BCUT2D eigenvalue weighted by atomic mass is 9.92. The number of anilines is 6. The topological polar surface area (TPSA) is 59.1 Å². The number of carbonyl (C=O) groups excluding carboxylic acids is 2. The van der Waals surface area contributed by atoms with E-state index in [-0.39, 0.29) is 11.6 Å². The van der Waals surface area contributed by atoms with Crippen molar-refractivity contribution in [2.45, 2.75) is 0 Å². The number of benzene rings is 7. The fourth-order valence-electron chi connectivity index (χ4n) is 6.73. The lowest BCUT2D eigenvalue weighted by Crippen LogP contribution is -2.23. The minimum atomic E-state index is -0.183. The van der Waals surface area contributed by atoms with Gasteiger partial charge in [0.2, 0.25) is 0 Å². The van der Waals surface area contributed by atoms with Crippen LogP contribution in [0.25, 0.3) is 0 Å². The third-order valence-electron chi connectivity index (χ3n) is 9.02. The molecule has 7 aromatic carbocycles. The summed E-state index contributed by atoms with van der Waals surface area (Å²) in [4.78, 5) is 33.7. The third kappa shape index (κ3) is 4.81. The van der Waals surface area contributed by atoms with Crippen LogP contribution in [0.2, 0.25) is 0 Å². The summed E-state index contributed by atoms with van der Waals surface area (Å²) in [7, 11) is 0. The molecule has 0 spiro atoms. The number of nitrogens with zero attached hydrogens (tertiary/aromatic N) is 2. The second kappa shape index (κ2) is 12.0. The summed E-state index contributed by atoms with van der Waals surface area (Å²) in [5.41, 5.74) is 6.01. The Hall–Kier alpha value is -6.92. The van der Waals surface area contributed by atoms with E-state index in [1.807, 2.05) is 180 Å². The van der Waals surface area contributed by atoms with Crippen LogP contribution >= 0.6 is 0 Å². The summed E-state index contributed by atoms with van der Waals surface area (Å²) in [5.74, 6) is 2.19. The summed E-state index contributed by atoms with van der Waals surface area (Å²) in [6, 6.07) is 53.1. The predicted molar refractivity (Wildman–Crippen MR) is 196 cm³/mol. The van der Waals surface area contributed by atoms with Crippen molar-refractivity contribution in [3.8, 4) is 23.0 Å². The first kappa shape index (κ1) is 29.2. The Morgan fingerprint density at radius 1 is 0.340 bits per heavy atom. The summed E-state index contributed by atoms with van der Waals surface area (Å²) in [6.07, 6.45) is 0. The molecule has 7 aromatic rings. The van der Waals surface area contributed by atoms with Crippen LogP contribution in [0.4, 0.5) is 34.1 Å².